The van der Waals surface area contributed by atoms with Gasteiger partial charge in [-0.3, -0.25) is 4.79 Å². The van der Waals surface area contributed by atoms with E-state index in [1.165, 1.54) is 0 Å². The molecule has 0 saturated heterocycles. The zero-order chi connectivity index (χ0) is 20.9. The Morgan fingerprint density at radius 2 is 1.33 bits per heavy atom. The number of benzene rings is 3. The first kappa shape index (κ1) is 19.6. The fraction of sp³-hybridized carbons (Fsp3) is 0.154. The van der Waals surface area contributed by atoms with Crippen molar-refractivity contribution in [1.29, 1.82) is 0 Å². The van der Waals surface area contributed by atoms with E-state index in [4.69, 9.17) is 0 Å². The van der Waals surface area contributed by atoms with Crippen molar-refractivity contribution in [1.82, 2.24) is 14.7 Å². The summed E-state index contributed by atoms with van der Waals surface area (Å²) >= 11 is 0. The van der Waals surface area contributed by atoms with Crippen LogP contribution in [0.1, 0.15) is 32.9 Å². The summed E-state index contributed by atoms with van der Waals surface area (Å²) in [5, 5.41) is 4.52. The normalized spacial score (nSPS) is 10.7. The van der Waals surface area contributed by atoms with Gasteiger partial charge in [-0.1, -0.05) is 60.7 Å². The van der Waals surface area contributed by atoms with Gasteiger partial charge in [0.2, 0.25) is 0 Å². The van der Waals surface area contributed by atoms with Crippen LogP contribution in [0.4, 0.5) is 0 Å². The second-order valence-electron chi connectivity index (χ2n) is 7.52. The van der Waals surface area contributed by atoms with Crippen LogP contribution < -0.4 is 0 Å². The molecule has 0 saturated carbocycles. The molecule has 150 valence electrons. The molecule has 0 radical (unpaired) electrons. The first-order chi connectivity index (χ1) is 14.6. The van der Waals surface area contributed by atoms with Crippen LogP contribution in [-0.2, 0) is 13.1 Å². The van der Waals surface area contributed by atoms with Crippen molar-refractivity contribution < 1.29 is 4.79 Å². The Morgan fingerprint density at radius 1 is 0.800 bits per heavy atom. The highest BCUT2D eigenvalue weighted by Gasteiger charge is 2.17. The molecule has 3 aromatic carbocycles. The van der Waals surface area contributed by atoms with Crippen LogP contribution in [0.3, 0.4) is 0 Å². The van der Waals surface area contributed by atoms with Crippen LogP contribution in [0.2, 0.25) is 0 Å². The van der Waals surface area contributed by atoms with E-state index in [9.17, 15) is 4.79 Å². The third-order valence-corrected chi connectivity index (χ3v) is 5.09. The first-order valence-corrected chi connectivity index (χ1v) is 10.1. The molecular weight excluding hydrogens is 370 g/mol. The quantitative estimate of drug-likeness (QED) is 0.442. The molecule has 0 atom stereocenters. The minimum atomic E-state index is 0.0163. The minimum Gasteiger partial charge on any atom is -0.330 e. The van der Waals surface area contributed by atoms with Crippen LogP contribution in [0.15, 0.2) is 91.0 Å². The van der Waals surface area contributed by atoms with Crippen molar-refractivity contribution in [3.05, 3.63) is 119 Å². The molecule has 0 spiro atoms. The van der Waals surface area contributed by atoms with Gasteiger partial charge in [-0.25, -0.2) is 4.68 Å². The van der Waals surface area contributed by atoms with Crippen LogP contribution in [0.25, 0.3) is 5.69 Å². The topological polar surface area (TPSA) is 38.1 Å². The lowest BCUT2D eigenvalue weighted by atomic mass is 10.1. The Kier molecular flexibility index (Phi) is 5.75. The molecule has 1 aromatic heterocycles. The number of hydrogen-bond acceptors (Lipinski definition) is 2. The fourth-order valence-corrected chi connectivity index (χ4v) is 3.63. The van der Waals surface area contributed by atoms with Gasteiger partial charge in [-0.05, 0) is 55.3 Å². The molecule has 4 aromatic rings. The number of rotatable bonds is 6. The molecule has 4 heteroatoms. The maximum atomic E-state index is 13.4. The number of amides is 1. The van der Waals surface area contributed by atoms with E-state index in [0.29, 0.717) is 18.7 Å². The first-order valence-electron chi connectivity index (χ1n) is 10.1. The molecule has 1 heterocycles. The summed E-state index contributed by atoms with van der Waals surface area (Å²) in [6.07, 6.45) is 0. The molecule has 0 unspecified atom stereocenters. The maximum Gasteiger partial charge on any atom is 0.254 e. The number of carbonyl (C=O) groups excluding carboxylic acids is 1. The summed E-state index contributed by atoms with van der Waals surface area (Å²) in [4.78, 5) is 15.3. The van der Waals surface area contributed by atoms with Crippen LogP contribution in [0.5, 0.6) is 0 Å². The second kappa shape index (κ2) is 8.78. The largest absolute Gasteiger partial charge is 0.330 e. The van der Waals surface area contributed by atoms with Crippen LogP contribution in [0, 0.1) is 13.8 Å². The lowest BCUT2D eigenvalue weighted by Crippen LogP contribution is -2.30. The van der Waals surface area contributed by atoms with Crippen molar-refractivity contribution in [2.24, 2.45) is 0 Å². The average Bonchev–Trinajstić information content (AvgIpc) is 3.12. The molecule has 0 aliphatic carbocycles. The van der Waals surface area contributed by atoms with E-state index in [2.05, 4.69) is 29.4 Å². The molecule has 0 aliphatic rings. The molecule has 4 rings (SSSR count). The summed E-state index contributed by atoms with van der Waals surface area (Å²) < 4.78 is 1.90. The SMILES string of the molecule is Cc1cc(C)n(-c2ccc(C(=O)N(Cc3ccccc3)Cc3ccccc3)cc2)n1. The minimum absolute atomic E-state index is 0.0163. The Morgan fingerprint density at radius 3 is 1.80 bits per heavy atom. The number of aryl methyl sites for hydroxylation is 2. The summed E-state index contributed by atoms with van der Waals surface area (Å²) in [5.74, 6) is 0.0163. The van der Waals surface area contributed by atoms with Gasteiger partial charge in [0.1, 0.15) is 0 Å². The van der Waals surface area contributed by atoms with Crippen molar-refractivity contribution in [3.8, 4) is 5.69 Å². The zero-order valence-corrected chi connectivity index (χ0v) is 17.3. The average molecular weight is 396 g/mol. The summed E-state index contributed by atoms with van der Waals surface area (Å²) in [7, 11) is 0. The smallest absolute Gasteiger partial charge is 0.254 e. The molecule has 0 N–H and O–H groups in total. The van der Waals surface area contributed by atoms with Crippen molar-refractivity contribution in [2.75, 3.05) is 0 Å². The van der Waals surface area contributed by atoms with E-state index in [1.54, 1.807) is 0 Å². The van der Waals surface area contributed by atoms with Gasteiger partial charge >= 0.3 is 0 Å². The number of nitrogens with zero attached hydrogens (tertiary/aromatic N) is 3. The van der Waals surface area contributed by atoms with E-state index in [-0.39, 0.29) is 5.91 Å². The summed E-state index contributed by atoms with van der Waals surface area (Å²) in [6.45, 7) is 5.13. The molecule has 0 bridgehead atoms. The Hall–Kier alpha value is -3.66. The van der Waals surface area contributed by atoms with Gasteiger partial charge in [0.25, 0.3) is 5.91 Å². The third kappa shape index (κ3) is 4.49. The van der Waals surface area contributed by atoms with Crippen LogP contribution in [-0.4, -0.2) is 20.6 Å². The maximum absolute atomic E-state index is 13.4. The predicted octanol–water partition coefficient (Wildman–Crippen LogP) is 5.33. The van der Waals surface area contributed by atoms with Gasteiger partial charge in [0.05, 0.1) is 11.4 Å². The Balaban J connectivity index is 1.59. The monoisotopic (exact) mass is 395 g/mol. The molecule has 0 aliphatic heterocycles. The molecule has 4 nitrogen and oxygen atoms in total. The number of aromatic nitrogens is 2. The Labute approximate surface area is 177 Å². The molecular formula is C26H25N3O. The van der Waals surface area contributed by atoms with Crippen molar-refractivity contribution in [2.45, 2.75) is 26.9 Å². The second-order valence-corrected chi connectivity index (χ2v) is 7.52. The van der Waals surface area contributed by atoms with Gasteiger partial charge in [0.15, 0.2) is 0 Å². The highest BCUT2D eigenvalue weighted by Crippen LogP contribution is 2.17. The number of hydrogen-bond donors (Lipinski definition) is 0. The highest BCUT2D eigenvalue weighted by molar-refractivity contribution is 5.94. The van der Waals surface area contributed by atoms with Gasteiger partial charge in [0, 0.05) is 24.3 Å². The van der Waals surface area contributed by atoms with Gasteiger partial charge in [-0.2, -0.15) is 5.10 Å². The lowest BCUT2D eigenvalue weighted by Gasteiger charge is -2.23. The third-order valence-electron chi connectivity index (χ3n) is 5.09. The molecule has 1 amide bonds. The molecule has 0 fully saturated rings. The summed E-state index contributed by atoms with van der Waals surface area (Å²) in [5.41, 5.74) is 5.90. The van der Waals surface area contributed by atoms with E-state index < -0.39 is 0 Å². The van der Waals surface area contributed by atoms with Gasteiger partial charge < -0.3 is 4.90 Å². The number of carbonyl (C=O) groups is 1. The molecule has 30 heavy (non-hydrogen) atoms. The van der Waals surface area contributed by atoms with E-state index in [0.717, 1.165) is 28.2 Å². The predicted molar refractivity (Wildman–Crippen MR) is 119 cm³/mol. The van der Waals surface area contributed by atoms with Crippen molar-refractivity contribution in [3.63, 3.8) is 0 Å². The van der Waals surface area contributed by atoms with Crippen LogP contribution >= 0.6 is 0 Å². The van der Waals surface area contributed by atoms with Gasteiger partial charge in [-0.15, -0.1) is 0 Å². The lowest BCUT2D eigenvalue weighted by molar-refractivity contribution is 0.0730. The standard InChI is InChI=1S/C26H25N3O/c1-20-17-21(2)29(27-20)25-15-13-24(14-16-25)26(30)28(18-22-9-5-3-6-10-22)19-23-11-7-4-8-12-23/h3-17H,18-19H2,1-2H3. The zero-order valence-electron chi connectivity index (χ0n) is 17.3. The Bertz CT molecular complexity index is 1070. The highest BCUT2D eigenvalue weighted by atomic mass is 16.2. The summed E-state index contributed by atoms with van der Waals surface area (Å²) in [6, 6.07) is 29.9. The van der Waals surface area contributed by atoms with E-state index >= 15 is 0 Å². The van der Waals surface area contributed by atoms with Crippen molar-refractivity contribution >= 4 is 5.91 Å². The fourth-order valence-electron chi connectivity index (χ4n) is 3.63. The van der Waals surface area contributed by atoms with E-state index in [1.807, 2.05) is 90.2 Å².